The topological polar surface area (TPSA) is 88.1 Å². The molecule has 0 bridgehead atoms. The van der Waals surface area contributed by atoms with Crippen molar-refractivity contribution in [2.24, 2.45) is 10.7 Å². The summed E-state index contributed by atoms with van der Waals surface area (Å²) in [6.45, 7) is 0. The van der Waals surface area contributed by atoms with Gasteiger partial charge in [-0.3, -0.25) is 5.21 Å². The van der Waals surface area contributed by atoms with Crippen LogP contribution in [0, 0.1) is 0 Å². The zero-order valence-electron chi connectivity index (χ0n) is 6.47. The lowest BCUT2D eigenvalue weighted by molar-refractivity contribution is -0.134. The summed E-state index contributed by atoms with van der Waals surface area (Å²) in [6.07, 6.45) is 1.55. The summed E-state index contributed by atoms with van der Waals surface area (Å²) in [5.41, 5.74) is 5.37. The highest BCUT2D eigenvalue weighted by Crippen LogP contribution is 2.02. The van der Waals surface area contributed by atoms with E-state index in [-0.39, 0.29) is 5.71 Å². The molecule has 1 rings (SSSR count). The minimum atomic E-state index is -0.956. The number of rotatable bonds is 1. The Labute approximate surface area is 68.9 Å². The molecule has 6 heteroatoms. The number of nitrogens with zero attached hydrogens (tertiary/aromatic N) is 2. The van der Waals surface area contributed by atoms with Crippen molar-refractivity contribution in [2.45, 2.75) is 6.17 Å². The number of hydrogen-bond donors (Lipinski definition) is 2. The molecule has 1 aliphatic heterocycles. The number of hydroxylamine groups is 2. The zero-order valence-corrected chi connectivity index (χ0v) is 6.47. The van der Waals surface area contributed by atoms with Crippen LogP contribution in [0.5, 0.6) is 0 Å². The van der Waals surface area contributed by atoms with Crippen molar-refractivity contribution >= 4 is 11.7 Å². The van der Waals surface area contributed by atoms with Crippen molar-refractivity contribution in [3.63, 3.8) is 0 Å². The SMILES string of the molecule is COC(=O)C1=NC=CN(O)C1N. The van der Waals surface area contributed by atoms with Crippen molar-refractivity contribution in [3.8, 4) is 0 Å². The molecule has 0 saturated heterocycles. The van der Waals surface area contributed by atoms with Crippen LogP contribution in [-0.4, -0.2) is 35.2 Å². The Kier molecular flexibility index (Phi) is 2.41. The number of esters is 1. The van der Waals surface area contributed by atoms with E-state index < -0.39 is 12.1 Å². The van der Waals surface area contributed by atoms with Crippen LogP contribution in [0.2, 0.25) is 0 Å². The fourth-order valence-corrected chi connectivity index (χ4v) is 0.754. The number of carbonyl (C=O) groups is 1. The second kappa shape index (κ2) is 3.33. The molecule has 0 spiro atoms. The normalized spacial score (nSPS) is 22.1. The first-order chi connectivity index (χ1) is 5.66. The van der Waals surface area contributed by atoms with Gasteiger partial charge < -0.3 is 10.5 Å². The first kappa shape index (κ1) is 8.69. The average molecular weight is 171 g/mol. The van der Waals surface area contributed by atoms with Gasteiger partial charge in [0.2, 0.25) is 0 Å². The number of hydrogen-bond acceptors (Lipinski definition) is 6. The largest absolute Gasteiger partial charge is 0.464 e. The quantitative estimate of drug-likeness (QED) is 0.497. The minimum Gasteiger partial charge on any atom is -0.464 e. The van der Waals surface area contributed by atoms with Gasteiger partial charge in [0.1, 0.15) is 0 Å². The minimum absolute atomic E-state index is 0.0255. The van der Waals surface area contributed by atoms with Gasteiger partial charge in [0.15, 0.2) is 11.9 Å². The molecule has 12 heavy (non-hydrogen) atoms. The van der Waals surface area contributed by atoms with Gasteiger partial charge in [0.05, 0.1) is 7.11 Å². The summed E-state index contributed by atoms with van der Waals surface area (Å²) < 4.78 is 4.39. The molecule has 66 valence electrons. The van der Waals surface area contributed by atoms with Crippen LogP contribution in [0.3, 0.4) is 0 Å². The fraction of sp³-hybridized carbons (Fsp3) is 0.333. The predicted octanol–water partition coefficient (Wildman–Crippen LogP) is -0.939. The summed E-state index contributed by atoms with van der Waals surface area (Å²) in [5.74, 6) is -0.647. The molecule has 0 amide bonds. The van der Waals surface area contributed by atoms with E-state index in [1.807, 2.05) is 0 Å². The van der Waals surface area contributed by atoms with Crippen LogP contribution in [-0.2, 0) is 9.53 Å². The second-order valence-electron chi connectivity index (χ2n) is 2.13. The Bertz CT molecular complexity index is 248. The number of ether oxygens (including phenoxy) is 1. The second-order valence-corrected chi connectivity index (χ2v) is 2.13. The Morgan fingerprint density at radius 2 is 2.58 bits per heavy atom. The van der Waals surface area contributed by atoms with Crippen molar-refractivity contribution in [3.05, 3.63) is 12.4 Å². The first-order valence-corrected chi connectivity index (χ1v) is 3.22. The van der Waals surface area contributed by atoms with Gasteiger partial charge in [0.25, 0.3) is 0 Å². The highest BCUT2D eigenvalue weighted by Gasteiger charge is 2.25. The maximum Gasteiger partial charge on any atom is 0.356 e. The van der Waals surface area contributed by atoms with E-state index >= 15 is 0 Å². The number of methoxy groups -OCH3 is 1. The molecule has 0 aromatic carbocycles. The lowest BCUT2D eigenvalue weighted by atomic mass is 10.3. The van der Waals surface area contributed by atoms with E-state index in [9.17, 15) is 4.79 Å². The third-order valence-corrected chi connectivity index (χ3v) is 1.39. The van der Waals surface area contributed by atoms with E-state index in [0.717, 1.165) is 0 Å². The molecule has 1 atom stereocenters. The first-order valence-electron chi connectivity index (χ1n) is 3.22. The molecule has 6 nitrogen and oxygen atoms in total. The van der Waals surface area contributed by atoms with Crippen LogP contribution in [0.25, 0.3) is 0 Å². The van der Waals surface area contributed by atoms with Crippen LogP contribution >= 0.6 is 0 Å². The van der Waals surface area contributed by atoms with Crippen molar-refractivity contribution in [1.82, 2.24) is 5.06 Å². The van der Waals surface area contributed by atoms with Crippen molar-refractivity contribution in [2.75, 3.05) is 7.11 Å². The molecule has 1 unspecified atom stereocenters. The number of carbonyl (C=O) groups excluding carboxylic acids is 1. The third-order valence-electron chi connectivity index (χ3n) is 1.39. The molecular formula is C6H9N3O3. The predicted molar refractivity (Wildman–Crippen MR) is 40.2 cm³/mol. The molecule has 1 heterocycles. The number of aliphatic imine (C=N–C) groups is 1. The maximum absolute atomic E-state index is 10.9. The van der Waals surface area contributed by atoms with E-state index in [4.69, 9.17) is 10.9 Å². The summed E-state index contributed by atoms with van der Waals surface area (Å²) in [4.78, 5) is 14.6. The summed E-state index contributed by atoms with van der Waals surface area (Å²) >= 11 is 0. The van der Waals surface area contributed by atoms with E-state index in [0.29, 0.717) is 5.06 Å². The lowest BCUT2D eigenvalue weighted by Crippen LogP contribution is -2.48. The van der Waals surface area contributed by atoms with Gasteiger partial charge in [-0.05, 0) is 0 Å². The fourth-order valence-electron chi connectivity index (χ4n) is 0.754. The van der Waals surface area contributed by atoms with Gasteiger partial charge in [-0.1, -0.05) is 0 Å². The highest BCUT2D eigenvalue weighted by molar-refractivity contribution is 6.38. The van der Waals surface area contributed by atoms with Crippen LogP contribution in [0.15, 0.2) is 17.4 Å². The van der Waals surface area contributed by atoms with Crippen molar-refractivity contribution in [1.29, 1.82) is 0 Å². The van der Waals surface area contributed by atoms with Gasteiger partial charge in [-0.25, -0.2) is 14.9 Å². The Balaban J connectivity index is 2.82. The van der Waals surface area contributed by atoms with Crippen LogP contribution < -0.4 is 5.73 Å². The smallest absolute Gasteiger partial charge is 0.356 e. The van der Waals surface area contributed by atoms with E-state index in [1.54, 1.807) is 0 Å². The molecule has 0 aromatic rings. The third kappa shape index (κ3) is 1.44. The average Bonchev–Trinajstić information content (AvgIpc) is 2.08. The van der Waals surface area contributed by atoms with Gasteiger partial charge >= 0.3 is 5.97 Å². The van der Waals surface area contributed by atoms with Gasteiger partial charge in [-0.2, -0.15) is 0 Å². The Morgan fingerprint density at radius 3 is 3.17 bits per heavy atom. The van der Waals surface area contributed by atoms with E-state index in [1.165, 1.54) is 19.5 Å². The number of nitrogens with two attached hydrogens (primary N) is 1. The highest BCUT2D eigenvalue weighted by atomic mass is 16.5. The zero-order chi connectivity index (χ0) is 9.14. The molecule has 0 fully saturated rings. The molecule has 3 N–H and O–H groups in total. The molecular weight excluding hydrogens is 162 g/mol. The van der Waals surface area contributed by atoms with Crippen LogP contribution in [0.4, 0.5) is 0 Å². The standard InChI is InChI=1S/C6H9N3O3/c1-12-6(10)4-5(7)9(11)3-2-8-4/h2-3,5,11H,7H2,1H3. The molecule has 1 aliphatic rings. The molecule has 0 aliphatic carbocycles. The Morgan fingerprint density at radius 1 is 1.92 bits per heavy atom. The van der Waals surface area contributed by atoms with Gasteiger partial charge in [-0.15, -0.1) is 0 Å². The van der Waals surface area contributed by atoms with E-state index in [2.05, 4.69) is 9.73 Å². The van der Waals surface area contributed by atoms with Gasteiger partial charge in [0, 0.05) is 12.4 Å². The summed E-state index contributed by atoms with van der Waals surface area (Å²) in [7, 11) is 1.22. The molecule has 0 aromatic heterocycles. The van der Waals surface area contributed by atoms with Crippen LogP contribution in [0.1, 0.15) is 0 Å². The lowest BCUT2D eigenvalue weighted by Gasteiger charge is -2.22. The molecule has 0 saturated carbocycles. The summed E-state index contributed by atoms with van der Waals surface area (Å²) in [6, 6.07) is 0. The summed E-state index contributed by atoms with van der Waals surface area (Å²) in [5, 5.41) is 9.71. The molecule has 0 radical (unpaired) electrons. The monoisotopic (exact) mass is 171 g/mol. The Hall–Kier alpha value is -1.40. The maximum atomic E-state index is 10.9. The van der Waals surface area contributed by atoms with Crippen molar-refractivity contribution < 1.29 is 14.7 Å².